The number of halogens is 1. The zero-order valence-electron chi connectivity index (χ0n) is 16.8. The highest BCUT2D eigenvalue weighted by Gasteiger charge is 2.55. The molecule has 6 rings (SSSR count). The van der Waals surface area contributed by atoms with E-state index in [1.54, 1.807) is 0 Å². The molecule has 2 aliphatic carbocycles. The topological polar surface area (TPSA) is 54.3 Å². The van der Waals surface area contributed by atoms with Crippen LogP contribution in [0.25, 0.3) is 5.69 Å². The maximum atomic E-state index is 12.3. The number of nitrogens with zero attached hydrogens (tertiary/aromatic N) is 5. The van der Waals surface area contributed by atoms with Crippen LogP contribution in [0.5, 0.6) is 0 Å². The van der Waals surface area contributed by atoms with Gasteiger partial charge in [-0.1, -0.05) is 11.6 Å². The van der Waals surface area contributed by atoms with Crippen molar-refractivity contribution in [2.45, 2.75) is 51.1 Å². The van der Waals surface area contributed by atoms with E-state index >= 15 is 0 Å². The molecule has 0 bridgehead atoms. The Bertz CT molecular complexity index is 983. The SMILES string of the molecule is CN1Cc2cc(Cl)ccc2-n2c(nnc2C2CC3(C2)CN(C(=O)CC2CC2)C3)C1. The molecule has 4 aliphatic rings. The van der Waals surface area contributed by atoms with Gasteiger partial charge in [-0.3, -0.25) is 14.3 Å². The van der Waals surface area contributed by atoms with Crippen LogP contribution in [0.15, 0.2) is 18.2 Å². The molecule has 7 heteroatoms. The van der Waals surface area contributed by atoms with E-state index in [0.29, 0.717) is 23.2 Å². The van der Waals surface area contributed by atoms with Gasteiger partial charge in [0.1, 0.15) is 5.82 Å². The minimum Gasteiger partial charge on any atom is -0.341 e. The van der Waals surface area contributed by atoms with Gasteiger partial charge in [0.15, 0.2) is 5.82 Å². The number of benzene rings is 1. The van der Waals surface area contributed by atoms with Gasteiger partial charge >= 0.3 is 0 Å². The predicted octanol–water partition coefficient (Wildman–Crippen LogP) is 3.37. The summed E-state index contributed by atoms with van der Waals surface area (Å²) in [5.41, 5.74) is 2.69. The van der Waals surface area contributed by atoms with Crippen molar-refractivity contribution in [3.63, 3.8) is 0 Å². The molecule has 1 aromatic carbocycles. The van der Waals surface area contributed by atoms with Gasteiger partial charge in [0.05, 0.1) is 12.2 Å². The van der Waals surface area contributed by atoms with Crippen LogP contribution in [0, 0.1) is 11.3 Å². The number of hydrogen-bond acceptors (Lipinski definition) is 4. The second-order valence-electron chi connectivity index (χ2n) is 9.76. The molecule has 2 aromatic rings. The summed E-state index contributed by atoms with van der Waals surface area (Å²) in [4.78, 5) is 16.7. The first-order valence-corrected chi connectivity index (χ1v) is 11.1. The van der Waals surface area contributed by atoms with Crippen LogP contribution >= 0.6 is 11.6 Å². The molecular weight excluding hydrogens is 386 g/mol. The number of rotatable bonds is 3. The summed E-state index contributed by atoms with van der Waals surface area (Å²) in [6.07, 6.45) is 5.47. The van der Waals surface area contributed by atoms with Crippen LogP contribution in [-0.4, -0.2) is 50.6 Å². The quantitative estimate of drug-likeness (QED) is 0.777. The summed E-state index contributed by atoms with van der Waals surface area (Å²) in [7, 11) is 2.11. The van der Waals surface area contributed by atoms with E-state index in [-0.39, 0.29) is 0 Å². The number of aromatic nitrogens is 3. The Hall–Kier alpha value is -1.92. The molecule has 152 valence electrons. The highest BCUT2D eigenvalue weighted by atomic mass is 35.5. The largest absolute Gasteiger partial charge is 0.341 e. The molecular formula is C22H26ClN5O. The fourth-order valence-electron chi connectivity index (χ4n) is 5.51. The van der Waals surface area contributed by atoms with Gasteiger partial charge in [-0.2, -0.15) is 0 Å². The molecule has 29 heavy (non-hydrogen) atoms. The molecule has 0 N–H and O–H groups in total. The Morgan fingerprint density at radius 2 is 2.00 bits per heavy atom. The number of hydrogen-bond donors (Lipinski definition) is 0. The summed E-state index contributed by atoms with van der Waals surface area (Å²) in [5.74, 6) is 3.54. The van der Waals surface area contributed by atoms with Crippen LogP contribution < -0.4 is 0 Å². The molecule has 2 aliphatic heterocycles. The van der Waals surface area contributed by atoms with Crippen molar-refractivity contribution in [1.29, 1.82) is 0 Å². The van der Waals surface area contributed by atoms with Crippen LogP contribution in [0.3, 0.4) is 0 Å². The van der Waals surface area contributed by atoms with E-state index in [4.69, 9.17) is 11.6 Å². The standard InChI is InChI=1S/C22H26ClN5O/c1-26-10-15-7-17(23)4-5-18(15)28-19(11-26)24-25-21(28)16-8-22(9-16)12-27(13-22)20(29)6-14-2-3-14/h4-5,7,14,16H,2-3,6,8-13H2,1H3. The molecule has 0 unspecified atom stereocenters. The van der Waals surface area contributed by atoms with Gasteiger partial charge in [-0.25, -0.2) is 0 Å². The van der Waals surface area contributed by atoms with Crippen molar-refractivity contribution < 1.29 is 4.79 Å². The van der Waals surface area contributed by atoms with E-state index in [9.17, 15) is 4.79 Å². The number of amides is 1. The zero-order valence-corrected chi connectivity index (χ0v) is 17.5. The first kappa shape index (κ1) is 17.9. The minimum atomic E-state index is 0.320. The molecule has 0 atom stereocenters. The minimum absolute atomic E-state index is 0.320. The Kier molecular flexibility index (Phi) is 3.88. The molecule has 1 aromatic heterocycles. The van der Waals surface area contributed by atoms with E-state index < -0.39 is 0 Å². The van der Waals surface area contributed by atoms with Gasteiger partial charge < -0.3 is 4.90 Å². The molecule has 6 nitrogen and oxygen atoms in total. The molecule has 3 fully saturated rings. The van der Waals surface area contributed by atoms with Gasteiger partial charge in [-0.15, -0.1) is 10.2 Å². The Morgan fingerprint density at radius 1 is 1.21 bits per heavy atom. The number of carbonyl (C=O) groups is 1. The smallest absolute Gasteiger partial charge is 0.222 e. The third kappa shape index (κ3) is 2.99. The number of carbonyl (C=O) groups excluding carboxylic acids is 1. The lowest BCUT2D eigenvalue weighted by molar-refractivity contribution is -0.152. The van der Waals surface area contributed by atoms with Crippen molar-refractivity contribution in [1.82, 2.24) is 24.6 Å². The molecule has 3 heterocycles. The lowest BCUT2D eigenvalue weighted by atomic mass is 9.57. The van der Waals surface area contributed by atoms with Crippen LogP contribution in [0.4, 0.5) is 0 Å². The molecule has 1 amide bonds. The fraction of sp³-hybridized carbons (Fsp3) is 0.591. The van der Waals surface area contributed by atoms with Crippen molar-refractivity contribution in [3.8, 4) is 5.69 Å². The summed E-state index contributed by atoms with van der Waals surface area (Å²) >= 11 is 6.27. The van der Waals surface area contributed by atoms with Crippen molar-refractivity contribution >= 4 is 17.5 Å². The van der Waals surface area contributed by atoms with Gasteiger partial charge in [0.25, 0.3) is 0 Å². The first-order valence-electron chi connectivity index (χ1n) is 10.7. The Labute approximate surface area is 175 Å². The van der Waals surface area contributed by atoms with E-state index in [2.05, 4.69) is 43.7 Å². The fourth-order valence-corrected chi connectivity index (χ4v) is 5.71. The van der Waals surface area contributed by atoms with Crippen molar-refractivity contribution in [2.75, 3.05) is 20.1 Å². The zero-order chi connectivity index (χ0) is 19.8. The average molecular weight is 412 g/mol. The van der Waals surface area contributed by atoms with Crippen LogP contribution in [-0.2, 0) is 17.9 Å². The Morgan fingerprint density at radius 3 is 2.76 bits per heavy atom. The normalized spacial score (nSPS) is 23.2. The number of fused-ring (bicyclic) bond motifs is 3. The second-order valence-corrected chi connectivity index (χ2v) is 10.2. The lowest BCUT2D eigenvalue weighted by Gasteiger charge is -2.58. The summed E-state index contributed by atoms with van der Waals surface area (Å²) in [6, 6.07) is 6.11. The van der Waals surface area contributed by atoms with Crippen molar-refractivity contribution in [2.24, 2.45) is 11.3 Å². The van der Waals surface area contributed by atoms with E-state index in [0.717, 1.165) is 67.8 Å². The highest BCUT2D eigenvalue weighted by Crippen LogP contribution is 2.56. The van der Waals surface area contributed by atoms with Gasteiger partial charge in [0.2, 0.25) is 5.91 Å². The second kappa shape index (κ2) is 6.29. The highest BCUT2D eigenvalue weighted by molar-refractivity contribution is 6.30. The molecule has 1 saturated heterocycles. The van der Waals surface area contributed by atoms with E-state index in [1.807, 2.05) is 6.07 Å². The summed E-state index contributed by atoms with van der Waals surface area (Å²) in [5, 5.41) is 9.92. The van der Waals surface area contributed by atoms with Crippen LogP contribution in [0.2, 0.25) is 5.02 Å². The third-order valence-corrected chi connectivity index (χ3v) is 7.41. The third-order valence-electron chi connectivity index (χ3n) is 7.18. The lowest BCUT2D eigenvalue weighted by Crippen LogP contribution is -2.63. The van der Waals surface area contributed by atoms with Gasteiger partial charge in [-0.05, 0) is 62.4 Å². The maximum Gasteiger partial charge on any atom is 0.222 e. The summed E-state index contributed by atoms with van der Waals surface area (Å²) < 4.78 is 2.27. The maximum absolute atomic E-state index is 12.3. The van der Waals surface area contributed by atoms with Crippen molar-refractivity contribution in [3.05, 3.63) is 40.4 Å². The monoisotopic (exact) mass is 411 g/mol. The first-order chi connectivity index (χ1) is 14.0. The molecule has 1 spiro atoms. The Balaban J connectivity index is 1.21. The van der Waals surface area contributed by atoms with Crippen LogP contribution in [0.1, 0.15) is 55.2 Å². The summed E-state index contributed by atoms with van der Waals surface area (Å²) in [6.45, 7) is 3.50. The molecule has 0 radical (unpaired) electrons. The predicted molar refractivity (Wildman–Crippen MR) is 110 cm³/mol. The van der Waals surface area contributed by atoms with E-state index in [1.165, 1.54) is 18.4 Å². The average Bonchev–Trinajstić information content (AvgIpc) is 3.34. The number of likely N-dealkylation sites (tertiary alicyclic amines) is 1. The molecule has 2 saturated carbocycles. The van der Waals surface area contributed by atoms with Gasteiger partial charge in [0, 0.05) is 42.4 Å².